The predicted molar refractivity (Wildman–Crippen MR) is 86.0 cm³/mol. The van der Waals surface area contributed by atoms with Crippen LogP contribution in [-0.2, 0) is 11.2 Å². The highest BCUT2D eigenvalue weighted by Gasteiger charge is 2.06. The summed E-state index contributed by atoms with van der Waals surface area (Å²) in [6.07, 6.45) is 2.31. The molecular formula is C17H20N2O4. The summed E-state index contributed by atoms with van der Waals surface area (Å²) in [6.45, 7) is 0.461. The predicted octanol–water partition coefficient (Wildman–Crippen LogP) is 1.84. The van der Waals surface area contributed by atoms with Gasteiger partial charge in [-0.25, -0.2) is 4.98 Å². The Balaban J connectivity index is 1.75. The second-order valence-corrected chi connectivity index (χ2v) is 4.75. The average molecular weight is 316 g/mol. The molecule has 6 heteroatoms. The van der Waals surface area contributed by atoms with E-state index in [-0.39, 0.29) is 12.5 Å². The van der Waals surface area contributed by atoms with Crippen LogP contribution in [0, 0.1) is 0 Å². The molecule has 0 aliphatic carbocycles. The Morgan fingerprint density at radius 1 is 1.13 bits per heavy atom. The van der Waals surface area contributed by atoms with E-state index < -0.39 is 0 Å². The molecule has 1 aromatic carbocycles. The smallest absolute Gasteiger partial charge is 0.258 e. The fourth-order valence-corrected chi connectivity index (χ4v) is 2.01. The van der Waals surface area contributed by atoms with E-state index in [0.717, 1.165) is 5.56 Å². The monoisotopic (exact) mass is 316 g/mol. The molecule has 2 rings (SSSR count). The van der Waals surface area contributed by atoms with Gasteiger partial charge in [0.05, 0.1) is 14.2 Å². The number of carbonyl (C=O) groups excluding carboxylic acids is 1. The van der Waals surface area contributed by atoms with E-state index >= 15 is 0 Å². The minimum Gasteiger partial charge on any atom is -0.493 e. The van der Waals surface area contributed by atoms with E-state index in [2.05, 4.69) is 10.3 Å². The zero-order valence-corrected chi connectivity index (χ0v) is 13.2. The van der Waals surface area contributed by atoms with Crippen molar-refractivity contribution in [3.05, 3.63) is 48.2 Å². The van der Waals surface area contributed by atoms with Gasteiger partial charge in [-0.05, 0) is 30.2 Å². The van der Waals surface area contributed by atoms with Crippen LogP contribution in [0.25, 0.3) is 0 Å². The van der Waals surface area contributed by atoms with Gasteiger partial charge in [-0.15, -0.1) is 0 Å². The van der Waals surface area contributed by atoms with Crippen molar-refractivity contribution < 1.29 is 19.0 Å². The number of ether oxygens (including phenoxy) is 3. The summed E-state index contributed by atoms with van der Waals surface area (Å²) in [5, 5.41) is 2.80. The molecule has 23 heavy (non-hydrogen) atoms. The molecule has 122 valence electrons. The molecule has 0 aliphatic rings. The van der Waals surface area contributed by atoms with E-state index in [1.165, 1.54) is 0 Å². The summed E-state index contributed by atoms with van der Waals surface area (Å²) >= 11 is 0. The van der Waals surface area contributed by atoms with E-state index in [4.69, 9.17) is 14.2 Å². The molecule has 0 aliphatic heterocycles. The van der Waals surface area contributed by atoms with Gasteiger partial charge in [0.2, 0.25) is 5.88 Å². The Morgan fingerprint density at radius 3 is 2.65 bits per heavy atom. The number of methoxy groups -OCH3 is 2. The standard InChI is InChI=1S/C17H20N2O4/c1-21-14-7-6-13(11-15(14)22-2)8-10-18-16(20)12-23-17-5-3-4-9-19-17/h3-7,9,11H,8,10,12H2,1-2H3,(H,18,20). The van der Waals surface area contributed by atoms with E-state index in [9.17, 15) is 4.79 Å². The molecule has 0 fully saturated rings. The third kappa shape index (κ3) is 5.18. The maximum atomic E-state index is 11.7. The fraction of sp³-hybridized carbons (Fsp3) is 0.294. The number of nitrogens with zero attached hydrogens (tertiary/aromatic N) is 1. The number of carbonyl (C=O) groups is 1. The van der Waals surface area contributed by atoms with Gasteiger partial charge >= 0.3 is 0 Å². The summed E-state index contributed by atoms with van der Waals surface area (Å²) in [7, 11) is 3.19. The second-order valence-electron chi connectivity index (χ2n) is 4.75. The Hall–Kier alpha value is -2.76. The zero-order chi connectivity index (χ0) is 16.5. The van der Waals surface area contributed by atoms with Crippen LogP contribution in [0.5, 0.6) is 17.4 Å². The number of pyridine rings is 1. The van der Waals surface area contributed by atoms with Gasteiger partial charge in [-0.1, -0.05) is 12.1 Å². The SMILES string of the molecule is COc1ccc(CCNC(=O)COc2ccccn2)cc1OC. The number of rotatable bonds is 8. The van der Waals surface area contributed by atoms with Crippen molar-refractivity contribution in [2.24, 2.45) is 0 Å². The molecule has 0 bridgehead atoms. The van der Waals surface area contributed by atoms with Crippen molar-refractivity contribution in [3.8, 4) is 17.4 Å². The molecule has 0 spiro atoms. The molecule has 1 amide bonds. The fourth-order valence-electron chi connectivity index (χ4n) is 2.01. The average Bonchev–Trinajstić information content (AvgIpc) is 2.60. The summed E-state index contributed by atoms with van der Waals surface area (Å²) in [6, 6.07) is 11.0. The summed E-state index contributed by atoms with van der Waals surface area (Å²) in [4.78, 5) is 15.7. The van der Waals surface area contributed by atoms with Crippen LogP contribution in [0.1, 0.15) is 5.56 Å². The van der Waals surface area contributed by atoms with Crippen molar-refractivity contribution in [2.75, 3.05) is 27.4 Å². The minimum absolute atomic E-state index is 0.0526. The van der Waals surface area contributed by atoms with Gasteiger partial charge in [-0.3, -0.25) is 4.79 Å². The van der Waals surface area contributed by atoms with Crippen LogP contribution in [0.2, 0.25) is 0 Å². The molecule has 2 aromatic rings. The van der Waals surface area contributed by atoms with Crippen molar-refractivity contribution in [1.82, 2.24) is 10.3 Å². The van der Waals surface area contributed by atoms with Gasteiger partial charge in [0.15, 0.2) is 18.1 Å². The van der Waals surface area contributed by atoms with Crippen LogP contribution in [0.3, 0.4) is 0 Å². The minimum atomic E-state index is -0.184. The Labute approximate surface area is 135 Å². The van der Waals surface area contributed by atoms with Crippen LogP contribution < -0.4 is 19.5 Å². The van der Waals surface area contributed by atoms with Gasteiger partial charge in [0.25, 0.3) is 5.91 Å². The first-order chi connectivity index (χ1) is 11.2. The van der Waals surface area contributed by atoms with Gasteiger partial charge in [0, 0.05) is 18.8 Å². The highest BCUT2D eigenvalue weighted by Crippen LogP contribution is 2.27. The highest BCUT2D eigenvalue weighted by atomic mass is 16.5. The maximum Gasteiger partial charge on any atom is 0.258 e. The first-order valence-corrected chi connectivity index (χ1v) is 7.24. The number of hydrogen-bond acceptors (Lipinski definition) is 5. The van der Waals surface area contributed by atoms with Crippen molar-refractivity contribution >= 4 is 5.91 Å². The lowest BCUT2D eigenvalue weighted by Crippen LogP contribution is -2.30. The van der Waals surface area contributed by atoms with Gasteiger partial charge in [-0.2, -0.15) is 0 Å². The van der Waals surface area contributed by atoms with Gasteiger partial charge < -0.3 is 19.5 Å². The molecule has 0 saturated carbocycles. The van der Waals surface area contributed by atoms with Crippen molar-refractivity contribution in [2.45, 2.75) is 6.42 Å². The molecule has 1 aromatic heterocycles. The van der Waals surface area contributed by atoms with Crippen LogP contribution in [0.15, 0.2) is 42.6 Å². The maximum absolute atomic E-state index is 11.7. The molecule has 0 saturated heterocycles. The Morgan fingerprint density at radius 2 is 1.96 bits per heavy atom. The largest absolute Gasteiger partial charge is 0.493 e. The summed E-state index contributed by atoms with van der Waals surface area (Å²) in [5.74, 6) is 1.61. The third-order valence-electron chi connectivity index (χ3n) is 3.17. The molecule has 0 radical (unpaired) electrons. The molecule has 0 atom stereocenters. The number of nitrogens with one attached hydrogen (secondary N) is 1. The summed E-state index contributed by atoms with van der Waals surface area (Å²) < 4.78 is 15.7. The lowest BCUT2D eigenvalue weighted by molar-refractivity contribution is -0.123. The summed E-state index contributed by atoms with van der Waals surface area (Å²) in [5.41, 5.74) is 1.05. The van der Waals surface area contributed by atoms with Crippen LogP contribution >= 0.6 is 0 Å². The number of hydrogen-bond donors (Lipinski definition) is 1. The van der Waals surface area contributed by atoms with Crippen LogP contribution in [0.4, 0.5) is 0 Å². The number of amides is 1. The third-order valence-corrected chi connectivity index (χ3v) is 3.17. The lowest BCUT2D eigenvalue weighted by atomic mass is 10.1. The first kappa shape index (κ1) is 16.6. The molecule has 1 N–H and O–H groups in total. The zero-order valence-electron chi connectivity index (χ0n) is 13.2. The molecule has 0 unspecified atom stereocenters. The number of benzene rings is 1. The van der Waals surface area contributed by atoms with E-state index in [1.807, 2.05) is 18.2 Å². The second kappa shape index (κ2) is 8.63. The Kier molecular flexibility index (Phi) is 6.23. The first-order valence-electron chi connectivity index (χ1n) is 7.24. The Bertz CT molecular complexity index is 632. The van der Waals surface area contributed by atoms with Crippen molar-refractivity contribution in [1.29, 1.82) is 0 Å². The lowest BCUT2D eigenvalue weighted by Gasteiger charge is -2.10. The van der Waals surface area contributed by atoms with E-state index in [0.29, 0.717) is 30.3 Å². The molecule has 1 heterocycles. The topological polar surface area (TPSA) is 69.7 Å². The quantitative estimate of drug-likeness (QED) is 0.805. The molecular weight excluding hydrogens is 296 g/mol. The highest BCUT2D eigenvalue weighted by molar-refractivity contribution is 5.77. The number of aromatic nitrogens is 1. The van der Waals surface area contributed by atoms with Gasteiger partial charge in [0.1, 0.15) is 0 Å². The normalized spacial score (nSPS) is 10.0. The van der Waals surface area contributed by atoms with Crippen LogP contribution in [-0.4, -0.2) is 38.3 Å². The van der Waals surface area contributed by atoms with E-state index in [1.54, 1.807) is 38.6 Å². The van der Waals surface area contributed by atoms with Crippen molar-refractivity contribution in [3.63, 3.8) is 0 Å². The molecule has 6 nitrogen and oxygen atoms in total.